The molecule has 2 aromatic heterocycles. The third-order valence-electron chi connectivity index (χ3n) is 5.34. The van der Waals surface area contributed by atoms with Crippen molar-refractivity contribution in [3.63, 3.8) is 0 Å². The number of anilines is 1. The van der Waals surface area contributed by atoms with Crippen LogP contribution < -0.4 is 9.64 Å². The van der Waals surface area contributed by atoms with E-state index in [9.17, 15) is 0 Å². The Kier molecular flexibility index (Phi) is 3.63. The lowest BCUT2D eigenvalue weighted by molar-refractivity contribution is -0.0418. The van der Waals surface area contributed by atoms with Gasteiger partial charge >= 0.3 is 0 Å². The Labute approximate surface area is 147 Å². The lowest BCUT2D eigenvalue weighted by atomic mass is 9.64. The largest absolute Gasteiger partial charge is 0.490 e. The standard InChI is InChI=1S/C19H23N5O/c1-13-10-17(24-18(22-13)20-12-21-24)23(4)15-11-16(19(15,2)3)25-14-8-6-5-7-9-14/h5-10,12,15-16H,11H2,1-4H3. The Morgan fingerprint density at radius 3 is 2.72 bits per heavy atom. The third-order valence-corrected chi connectivity index (χ3v) is 5.34. The average molecular weight is 337 g/mol. The Hall–Kier alpha value is -2.63. The van der Waals surface area contributed by atoms with Crippen LogP contribution in [0.5, 0.6) is 5.75 Å². The van der Waals surface area contributed by atoms with E-state index in [1.807, 2.05) is 37.3 Å². The van der Waals surface area contributed by atoms with Gasteiger partial charge in [0.15, 0.2) is 0 Å². The monoisotopic (exact) mass is 337 g/mol. The van der Waals surface area contributed by atoms with Crippen LogP contribution in [-0.4, -0.2) is 38.8 Å². The lowest BCUT2D eigenvalue weighted by Gasteiger charge is -2.55. The minimum atomic E-state index is 0.0225. The number of aromatic nitrogens is 4. The van der Waals surface area contributed by atoms with Crippen LogP contribution in [0.3, 0.4) is 0 Å². The molecule has 130 valence electrons. The van der Waals surface area contributed by atoms with Crippen LogP contribution in [0, 0.1) is 12.3 Å². The number of fused-ring (bicyclic) bond motifs is 1. The quantitative estimate of drug-likeness (QED) is 0.732. The fraction of sp³-hybridized carbons (Fsp3) is 0.421. The Bertz CT molecular complexity index is 889. The van der Waals surface area contributed by atoms with E-state index in [0.29, 0.717) is 11.8 Å². The molecule has 1 fully saturated rings. The van der Waals surface area contributed by atoms with Gasteiger partial charge in [0.25, 0.3) is 5.78 Å². The van der Waals surface area contributed by atoms with Crippen LogP contribution in [0.1, 0.15) is 26.0 Å². The summed E-state index contributed by atoms with van der Waals surface area (Å²) in [6.07, 6.45) is 2.71. The van der Waals surface area contributed by atoms with Gasteiger partial charge in [0, 0.05) is 36.7 Å². The summed E-state index contributed by atoms with van der Waals surface area (Å²) in [5, 5.41) is 4.33. The van der Waals surface area contributed by atoms with Gasteiger partial charge in [-0.1, -0.05) is 32.0 Å². The topological polar surface area (TPSA) is 55.6 Å². The first kappa shape index (κ1) is 15.9. The molecule has 0 aliphatic heterocycles. The molecule has 4 rings (SSSR count). The van der Waals surface area contributed by atoms with Gasteiger partial charge in [-0.25, -0.2) is 4.98 Å². The maximum absolute atomic E-state index is 6.20. The molecule has 0 N–H and O–H groups in total. The fourth-order valence-corrected chi connectivity index (χ4v) is 3.71. The van der Waals surface area contributed by atoms with Crippen molar-refractivity contribution in [3.05, 3.63) is 48.4 Å². The zero-order chi connectivity index (χ0) is 17.6. The summed E-state index contributed by atoms with van der Waals surface area (Å²) >= 11 is 0. The first-order valence-corrected chi connectivity index (χ1v) is 8.59. The highest BCUT2D eigenvalue weighted by molar-refractivity contribution is 5.48. The molecular formula is C19H23N5O. The third kappa shape index (κ3) is 2.62. The van der Waals surface area contributed by atoms with Crippen LogP contribution in [-0.2, 0) is 0 Å². The number of nitrogens with zero attached hydrogens (tertiary/aromatic N) is 5. The second-order valence-corrected chi connectivity index (χ2v) is 7.33. The van der Waals surface area contributed by atoms with E-state index in [4.69, 9.17) is 4.74 Å². The van der Waals surface area contributed by atoms with Crippen LogP contribution in [0.25, 0.3) is 5.78 Å². The Morgan fingerprint density at radius 2 is 2.00 bits per heavy atom. The smallest absolute Gasteiger partial charge is 0.254 e. The molecule has 25 heavy (non-hydrogen) atoms. The van der Waals surface area contributed by atoms with Crippen LogP contribution in [0.15, 0.2) is 42.7 Å². The van der Waals surface area contributed by atoms with Gasteiger partial charge < -0.3 is 9.64 Å². The second-order valence-electron chi connectivity index (χ2n) is 7.33. The summed E-state index contributed by atoms with van der Waals surface area (Å²) in [5.74, 6) is 2.58. The number of hydrogen-bond donors (Lipinski definition) is 0. The summed E-state index contributed by atoms with van der Waals surface area (Å²) in [5.41, 5.74) is 0.964. The molecular weight excluding hydrogens is 314 g/mol. The summed E-state index contributed by atoms with van der Waals surface area (Å²) in [4.78, 5) is 10.9. The molecule has 0 amide bonds. The van der Waals surface area contributed by atoms with Gasteiger partial charge in [0.2, 0.25) is 0 Å². The SMILES string of the molecule is Cc1cc(N(C)C2CC(Oc3ccccc3)C2(C)C)n2ncnc2n1. The molecule has 6 heteroatoms. The minimum absolute atomic E-state index is 0.0225. The molecule has 6 nitrogen and oxygen atoms in total. The molecule has 1 saturated carbocycles. The van der Waals surface area contributed by atoms with Crippen molar-refractivity contribution in [2.24, 2.45) is 5.41 Å². The van der Waals surface area contributed by atoms with Crippen molar-refractivity contribution >= 4 is 11.6 Å². The van der Waals surface area contributed by atoms with E-state index in [-0.39, 0.29) is 11.5 Å². The zero-order valence-corrected chi connectivity index (χ0v) is 15.0. The summed E-state index contributed by atoms with van der Waals surface area (Å²) in [6.45, 7) is 6.51. The van der Waals surface area contributed by atoms with Crippen molar-refractivity contribution < 1.29 is 4.74 Å². The molecule has 1 aromatic carbocycles. The van der Waals surface area contributed by atoms with Gasteiger partial charge in [0.1, 0.15) is 24.0 Å². The second kappa shape index (κ2) is 5.72. The summed E-state index contributed by atoms with van der Waals surface area (Å²) in [6, 6.07) is 12.5. The number of benzene rings is 1. The van der Waals surface area contributed by atoms with Gasteiger partial charge in [-0.15, -0.1) is 0 Å². The number of para-hydroxylation sites is 1. The van der Waals surface area contributed by atoms with E-state index in [1.54, 1.807) is 10.8 Å². The molecule has 3 aromatic rings. The van der Waals surface area contributed by atoms with E-state index >= 15 is 0 Å². The maximum Gasteiger partial charge on any atom is 0.254 e. The molecule has 1 aliphatic rings. The molecule has 0 radical (unpaired) electrons. The van der Waals surface area contributed by atoms with Gasteiger partial charge in [-0.2, -0.15) is 14.6 Å². The molecule has 2 atom stereocenters. The maximum atomic E-state index is 6.20. The van der Waals surface area contributed by atoms with Gasteiger partial charge in [-0.3, -0.25) is 0 Å². The highest BCUT2D eigenvalue weighted by atomic mass is 16.5. The van der Waals surface area contributed by atoms with Crippen molar-refractivity contribution in [1.29, 1.82) is 0 Å². The van der Waals surface area contributed by atoms with Crippen molar-refractivity contribution in [1.82, 2.24) is 19.6 Å². The number of ether oxygens (including phenoxy) is 1. The zero-order valence-electron chi connectivity index (χ0n) is 15.0. The van der Waals surface area contributed by atoms with Crippen molar-refractivity contribution in [3.8, 4) is 5.75 Å². The number of hydrogen-bond acceptors (Lipinski definition) is 5. The predicted molar refractivity (Wildman–Crippen MR) is 97.0 cm³/mol. The van der Waals surface area contributed by atoms with Crippen LogP contribution >= 0.6 is 0 Å². The van der Waals surface area contributed by atoms with Crippen LogP contribution in [0.2, 0.25) is 0 Å². The van der Waals surface area contributed by atoms with E-state index < -0.39 is 0 Å². The highest BCUT2D eigenvalue weighted by Crippen LogP contribution is 2.46. The molecule has 0 saturated heterocycles. The van der Waals surface area contributed by atoms with Crippen molar-refractivity contribution in [2.75, 3.05) is 11.9 Å². The van der Waals surface area contributed by atoms with Crippen LogP contribution in [0.4, 0.5) is 5.82 Å². The van der Waals surface area contributed by atoms with Gasteiger partial charge in [-0.05, 0) is 19.1 Å². The van der Waals surface area contributed by atoms with E-state index in [1.165, 1.54) is 0 Å². The first-order chi connectivity index (χ1) is 12.0. The van der Waals surface area contributed by atoms with Crippen molar-refractivity contribution in [2.45, 2.75) is 39.3 Å². The normalized spacial score (nSPS) is 21.8. The van der Waals surface area contributed by atoms with E-state index in [0.717, 1.165) is 23.7 Å². The molecule has 1 aliphatic carbocycles. The number of rotatable bonds is 4. The highest BCUT2D eigenvalue weighted by Gasteiger charge is 2.52. The Morgan fingerprint density at radius 1 is 1.24 bits per heavy atom. The molecule has 2 heterocycles. The summed E-state index contributed by atoms with van der Waals surface area (Å²) in [7, 11) is 2.11. The molecule has 0 spiro atoms. The summed E-state index contributed by atoms with van der Waals surface area (Å²) < 4.78 is 8.00. The van der Waals surface area contributed by atoms with Gasteiger partial charge in [0.05, 0.1) is 0 Å². The lowest BCUT2D eigenvalue weighted by Crippen LogP contribution is -2.62. The Balaban J connectivity index is 1.57. The van der Waals surface area contributed by atoms with E-state index in [2.05, 4.69) is 46.9 Å². The molecule has 0 bridgehead atoms. The average Bonchev–Trinajstić information content (AvgIpc) is 3.06. The number of aryl methyl sites for hydroxylation is 1. The fourth-order valence-electron chi connectivity index (χ4n) is 3.71. The predicted octanol–water partition coefficient (Wildman–Crippen LogP) is 3.12. The minimum Gasteiger partial charge on any atom is -0.490 e. The molecule has 2 unspecified atom stereocenters. The first-order valence-electron chi connectivity index (χ1n) is 8.59.